The van der Waals surface area contributed by atoms with Crippen molar-refractivity contribution in [2.24, 2.45) is 0 Å². The summed E-state index contributed by atoms with van der Waals surface area (Å²) in [6.45, 7) is 4.13. The van der Waals surface area contributed by atoms with Gasteiger partial charge in [-0.1, -0.05) is 12.1 Å². The molecule has 0 aliphatic rings. The van der Waals surface area contributed by atoms with Crippen LogP contribution in [0.1, 0.15) is 29.4 Å². The van der Waals surface area contributed by atoms with Crippen molar-refractivity contribution >= 4 is 17.2 Å². The van der Waals surface area contributed by atoms with E-state index >= 15 is 0 Å². The average molecular weight is 334 g/mol. The quantitative estimate of drug-likeness (QED) is 0.816. The van der Waals surface area contributed by atoms with Gasteiger partial charge in [-0.3, -0.25) is 4.79 Å². The monoisotopic (exact) mass is 334 g/mol. The molecule has 0 radical (unpaired) electrons. The second-order valence-electron chi connectivity index (χ2n) is 5.80. The van der Waals surface area contributed by atoms with E-state index in [0.29, 0.717) is 18.6 Å². The number of methoxy groups -OCH3 is 1. The molecule has 0 aliphatic carbocycles. The average Bonchev–Trinajstić information content (AvgIpc) is 2.94. The maximum absolute atomic E-state index is 12.5. The molecule has 2 aromatic rings. The first-order valence-electron chi connectivity index (χ1n) is 7.42. The van der Waals surface area contributed by atoms with Crippen molar-refractivity contribution in [3.63, 3.8) is 0 Å². The summed E-state index contributed by atoms with van der Waals surface area (Å²) in [6.07, 6.45) is 0.429. The molecule has 124 valence electrons. The van der Waals surface area contributed by atoms with Crippen LogP contribution >= 0.6 is 11.3 Å². The fourth-order valence-corrected chi connectivity index (χ4v) is 3.16. The minimum absolute atomic E-state index is 0.0153. The number of rotatable bonds is 7. The third-order valence-electron chi connectivity index (χ3n) is 3.53. The third kappa shape index (κ3) is 4.60. The van der Waals surface area contributed by atoms with Gasteiger partial charge in [-0.2, -0.15) is 0 Å². The van der Waals surface area contributed by atoms with Gasteiger partial charge in [0.15, 0.2) is 0 Å². The zero-order chi connectivity index (χ0) is 16.9. The van der Waals surface area contributed by atoms with E-state index in [9.17, 15) is 9.90 Å². The van der Waals surface area contributed by atoms with E-state index in [4.69, 9.17) is 4.74 Å². The summed E-state index contributed by atoms with van der Waals surface area (Å²) < 4.78 is 5.16. The number of thiazole rings is 1. The molecule has 0 saturated carbocycles. The van der Waals surface area contributed by atoms with E-state index in [1.807, 2.05) is 37.4 Å². The predicted octanol–water partition coefficient (Wildman–Crippen LogP) is 2.64. The third-order valence-corrected chi connectivity index (χ3v) is 4.54. The van der Waals surface area contributed by atoms with Gasteiger partial charge in [-0.25, -0.2) is 4.98 Å². The van der Waals surface area contributed by atoms with Gasteiger partial charge in [0.25, 0.3) is 5.91 Å². The van der Waals surface area contributed by atoms with Crippen LogP contribution in [0.2, 0.25) is 0 Å². The molecule has 0 saturated heterocycles. The largest absolute Gasteiger partial charge is 0.396 e. The molecule has 0 aliphatic heterocycles. The van der Waals surface area contributed by atoms with Gasteiger partial charge in [0.2, 0.25) is 0 Å². The molecule has 1 atom stereocenters. The molecular weight excluding hydrogens is 312 g/mol. The van der Waals surface area contributed by atoms with Gasteiger partial charge in [-0.15, -0.1) is 11.3 Å². The van der Waals surface area contributed by atoms with Crippen LogP contribution in [0.3, 0.4) is 0 Å². The maximum atomic E-state index is 12.5. The van der Waals surface area contributed by atoms with E-state index in [0.717, 1.165) is 16.3 Å². The Labute approximate surface area is 140 Å². The normalized spacial score (nSPS) is 13.6. The molecule has 1 aromatic carbocycles. The van der Waals surface area contributed by atoms with Crippen LogP contribution in [0, 0.1) is 6.92 Å². The number of carbonyl (C=O) groups excluding carboxylic acids is 1. The van der Waals surface area contributed by atoms with E-state index in [2.05, 4.69) is 10.3 Å². The van der Waals surface area contributed by atoms with Gasteiger partial charge < -0.3 is 15.2 Å². The number of carbonyl (C=O) groups is 1. The van der Waals surface area contributed by atoms with Crippen LogP contribution in [0.4, 0.5) is 0 Å². The van der Waals surface area contributed by atoms with Crippen LogP contribution < -0.4 is 5.32 Å². The lowest BCUT2D eigenvalue weighted by atomic mass is 9.98. The first-order valence-corrected chi connectivity index (χ1v) is 8.30. The molecule has 1 amide bonds. The Kier molecular flexibility index (Phi) is 5.87. The highest BCUT2D eigenvalue weighted by atomic mass is 32.1. The lowest BCUT2D eigenvalue weighted by Crippen LogP contribution is -2.50. The Hall–Kier alpha value is -1.76. The fraction of sp³-hybridized carbons (Fsp3) is 0.412. The van der Waals surface area contributed by atoms with Gasteiger partial charge in [0.05, 0.1) is 12.1 Å². The Morgan fingerprint density at radius 2 is 2.26 bits per heavy atom. The summed E-state index contributed by atoms with van der Waals surface area (Å²) in [4.78, 5) is 17.0. The van der Waals surface area contributed by atoms with Gasteiger partial charge in [0.1, 0.15) is 5.01 Å². The van der Waals surface area contributed by atoms with Crippen molar-refractivity contribution in [2.75, 3.05) is 20.3 Å². The van der Waals surface area contributed by atoms with Crippen molar-refractivity contribution in [2.45, 2.75) is 25.8 Å². The van der Waals surface area contributed by atoms with Gasteiger partial charge >= 0.3 is 0 Å². The summed E-state index contributed by atoms with van der Waals surface area (Å²) in [5, 5.41) is 15.0. The van der Waals surface area contributed by atoms with Gasteiger partial charge in [0, 0.05) is 35.9 Å². The molecule has 0 bridgehead atoms. The van der Waals surface area contributed by atoms with E-state index < -0.39 is 5.54 Å². The lowest BCUT2D eigenvalue weighted by molar-refractivity contribution is 0.0725. The SMILES string of the molecule is COCC(C)(CCO)NC(=O)c1cccc(-c2nc(C)cs2)c1. The molecule has 1 unspecified atom stereocenters. The Balaban J connectivity index is 2.19. The predicted molar refractivity (Wildman–Crippen MR) is 91.7 cm³/mol. The molecule has 2 rings (SSSR count). The Morgan fingerprint density at radius 3 is 2.87 bits per heavy atom. The number of aliphatic hydroxyl groups excluding tert-OH is 1. The molecule has 6 heteroatoms. The standard InChI is InChI=1S/C17H22N2O3S/c1-12-10-23-16(18-12)14-6-4-5-13(9-14)15(21)19-17(2,7-8-20)11-22-3/h4-6,9-10,20H,7-8,11H2,1-3H3,(H,19,21). The Morgan fingerprint density at radius 1 is 1.48 bits per heavy atom. The van der Waals surface area contributed by atoms with Crippen LogP contribution in [0.25, 0.3) is 10.6 Å². The molecule has 0 fully saturated rings. The number of aromatic nitrogens is 1. The van der Waals surface area contributed by atoms with Gasteiger partial charge in [-0.05, 0) is 32.4 Å². The molecule has 0 spiro atoms. The fourth-order valence-electron chi connectivity index (χ4n) is 2.36. The lowest BCUT2D eigenvalue weighted by Gasteiger charge is -2.29. The first-order chi connectivity index (χ1) is 11.0. The topological polar surface area (TPSA) is 71.5 Å². The van der Waals surface area contributed by atoms with Crippen molar-refractivity contribution in [3.8, 4) is 10.6 Å². The molecular formula is C17H22N2O3S. The van der Waals surface area contributed by atoms with Crippen LogP contribution in [0.5, 0.6) is 0 Å². The van der Waals surface area contributed by atoms with E-state index in [1.54, 1.807) is 24.5 Å². The number of aliphatic hydroxyl groups is 1. The number of benzene rings is 1. The molecule has 23 heavy (non-hydrogen) atoms. The minimum Gasteiger partial charge on any atom is -0.396 e. The summed E-state index contributed by atoms with van der Waals surface area (Å²) in [6, 6.07) is 7.39. The number of ether oxygens (including phenoxy) is 1. The van der Waals surface area contributed by atoms with Crippen molar-refractivity contribution in [1.82, 2.24) is 10.3 Å². The molecule has 1 heterocycles. The first kappa shape index (κ1) is 17.6. The maximum Gasteiger partial charge on any atom is 0.251 e. The smallest absolute Gasteiger partial charge is 0.251 e. The minimum atomic E-state index is -0.603. The van der Waals surface area contributed by atoms with Crippen LogP contribution in [-0.4, -0.2) is 41.9 Å². The number of aryl methyl sites for hydroxylation is 1. The second-order valence-corrected chi connectivity index (χ2v) is 6.65. The number of amides is 1. The molecule has 2 N–H and O–H groups in total. The number of nitrogens with one attached hydrogen (secondary N) is 1. The van der Waals surface area contributed by atoms with Crippen molar-refractivity contribution in [1.29, 1.82) is 0 Å². The van der Waals surface area contributed by atoms with Crippen LogP contribution in [0.15, 0.2) is 29.6 Å². The zero-order valence-corrected chi connectivity index (χ0v) is 14.4. The summed E-state index contributed by atoms with van der Waals surface area (Å²) in [5.74, 6) is -0.187. The highest BCUT2D eigenvalue weighted by Crippen LogP contribution is 2.24. The highest BCUT2D eigenvalue weighted by molar-refractivity contribution is 7.13. The Bertz CT molecular complexity index is 663. The number of hydrogen-bond acceptors (Lipinski definition) is 5. The summed E-state index contributed by atoms with van der Waals surface area (Å²) in [7, 11) is 1.58. The number of nitrogens with zero attached hydrogens (tertiary/aromatic N) is 1. The number of hydrogen-bond donors (Lipinski definition) is 2. The summed E-state index contributed by atoms with van der Waals surface area (Å²) in [5.41, 5.74) is 1.85. The van der Waals surface area contributed by atoms with E-state index in [1.165, 1.54) is 0 Å². The summed E-state index contributed by atoms with van der Waals surface area (Å²) >= 11 is 1.56. The van der Waals surface area contributed by atoms with E-state index in [-0.39, 0.29) is 12.5 Å². The van der Waals surface area contributed by atoms with Crippen LogP contribution in [-0.2, 0) is 4.74 Å². The molecule has 5 nitrogen and oxygen atoms in total. The van der Waals surface area contributed by atoms with Crippen molar-refractivity contribution < 1.29 is 14.6 Å². The molecule has 1 aromatic heterocycles. The van der Waals surface area contributed by atoms with Crippen molar-refractivity contribution in [3.05, 3.63) is 40.9 Å². The highest BCUT2D eigenvalue weighted by Gasteiger charge is 2.26. The second kappa shape index (κ2) is 7.68. The zero-order valence-electron chi connectivity index (χ0n) is 13.6.